The number of ether oxygens (including phenoxy) is 1. The SMILES string of the molecule is CC(=O)CC(=O)O[C@@H]1CN2CCC1CC2. The van der Waals surface area contributed by atoms with Crippen LogP contribution in [0.3, 0.4) is 0 Å². The Labute approximate surface area is 89.6 Å². The first-order chi connectivity index (χ1) is 7.15. The van der Waals surface area contributed by atoms with Gasteiger partial charge in [-0.15, -0.1) is 0 Å². The molecule has 4 nitrogen and oxygen atoms in total. The molecule has 0 amide bonds. The van der Waals surface area contributed by atoms with Crippen LogP contribution >= 0.6 is 0 Å². The Morgan fingerprint density at radius 2 is 2.00 bits per heavy atom. The van der Waals surface area contributed by atoms with Crippen LogP contribution in [0, 0.1) is 5.92 Å². The summed E-state index contributed by atoms with van der Waals surface area (Å²) < 4.78 is 5.33. The molecule has 0 aromatic rings. The van der Waals surface area contributed by atoms with Gasteiger partial charge in [0.2, 0.25) is 0 Å². The van der Waals surface area contributed by atoms with Crippen molar-refractivity contribution < 1.29 is 14.3 Å². The van der Waals surface area contributed by atoms with Gasteiger partial charge in [0, 0.05) is 6.54 Å². The Bertz CT molecular complexity index is 269. The summed E-state index contributed by atoms with van der Waals surface area (Å²) in [6.07, 6.45) is 2.19. The molecule has 3 fully saturated rings. The fraction of sp³-hybridized carbons (Fsp3) is 0.818. The van der Waals surface area contributed by atoms with E-state index in [1.165, 1.54) is 6.92 Å². The summed E-state index contributed by atoms with van der Waals surface area (Å²) in [6, 6.07) is 0. The molecule has 3 heterocycles. The number of esters is 1. The highest BCUT2D eigenvalue weighted by molar-refractivity contribution is 5.94. The van der Waals surface area contributed by atoms with Crippen LogP contribution in [0.15, 0.2) is 0 Å². The van der Waals surface area contributed by atoms with Crippen LogP contribution in [-0.4, -0.2) is 42.4 Å². The van der Waals surface area contributed by atoms with Crippen molar-refractivity contribution in [1.82, 2.24) is 4.90 Å². The number of piperidine rings is 3. The molecule has 15 heavy (non-hydrogen) atoms. The van der Waals surface area contributed by atoms with E-state index in [1.807, 2.05) is 0 Å². The lowest BCUT2D eigenvalue weighted by molar-refractivity contribution is -0.159. The molecule has 3 rings (SSSR count). The molecule has 84 valence electrons. The Balaban J connectivity index is 1.84. The number of Topliss-reactive ketones (excluding diaryl/α,β-unsaturated/α-hetero) is 1. The molecule has 0 aliphatic carbocycles. The molecule has 0 N–H and O–H groups in total. The lowest BCUT2D eigenvalue weighted by atomic mass is 9.86. The number of carbonyl (C=O) groups excluding carboxylic acids is 2. The number of carbonyl (C=O) groups is 2. The molecule has 3 saturated heterocycles. The number of rotatable bonds is 3. The van der Waals surface area contributed by atoms with Gasteiger partial charge in [0.1, 0.15) is 18.3 Å². The van der Waals surface area contributed by atoms with E-state index >= 15 is 0 Å². The second-order valence-corrected chi connectivity index (χ2v) is 4.55. The van der Waals surface area contributed by atoms with E-state index in [0.717, 1.165) is 32.5 Å². The van der Waals surface area contributed by atoms with Gasteiger partial charge in [-0.05, 0) is 38.8 Å². The van der Waals surface area contributed by atoms with Crippen molar-refractivity contribution in [3.8, 4) is 0 Å². The molecule has 3 aliphatic rings. The van der Waals surface area contributed by atoms with E-state index in [-0.39, 0.29) is 24.3 Å². The zero-order valence-corrected chi connectivity index (χ0v) is 9.07. The normalized spacial score (nSPS) is 33.8. The van der Waals surface area contributed by atoms with Crippen molar-refractivity contribution in [3.05, 3.63) is 0 Å². The predicted octanol–water partition coefficient (Wildman–Crippen LogP) is 0.603. The van der Waals surface area contributed by atoms with Gasteiger partial charge in [0.05, 0.1) is 0 Å². The average Bonchev–Trinajstić information content (AvgIpc) is 2.17. The van der Waals surface area contributed by atoms with Crippen LogP contribution in [0.2, 0.25) is 0 Å². The van der Waals surface area contributed by atoms with Crippen molar-refractivity contribution in [2.75, 3.05) is 19.6 Å². The minimum absolute atomic E-state index is 0.0272. The molecule has 0 radical (unpaired) electrons. The van der Waals surface area contributed by atoms with Crippen molar-refractivity contribution in [3.63, 3.8) is 0 Å². The quantitative estimate of drug-likeness (QED) is 0.506. The number of hydrogen-bond acceptors (Lipinski definition) is 4. The van der Waals surface area contributed by atoms with Gasteiger partial charge in [0.25, 0.3) is 0 Å². The molecule has 3 aliphatic heterocycles. The molecule has 2 bridgehead atoms. The summed E-state index contributed by atoms with van der Waals surface area (Å²) in [6.45, 7) is 4.53. The zero-order chi connectivity index (χ0) is 10.8. The minimum Gasteiger partial charge on any atom is -0.460 e. The van der Waals surface area contributed by atoms with Gasteiger partial charge in [-0.1, -0.05) is 0 Å². The fourth-order valence-corrected chi connectivity index (χ4v) is 2.46. The zero-order valence-electron chi connectivity index (χ0n) is 9.07. The molecule has 0 unspecified atom stereocenters. The van der Waals surface area contributed by atoms with Gasteiger partial charge in [-0.3, -0.25) is 14.5 Å². The first-order valence-corrected chi connectivity index (χ1v) is 5.56. The van der Waals surface area contributed by atoms with Crippen LogP contribution in [0.25, 0.3) is 0 Å². The maximum Gasteiger partial charge on any atom is 0.313 e. The van der Waals surface area contributed by atoms with Gasteiger partial charge in [0.15, 0.2) is 0 Å². The highest BCUT2D eigenvalue weighted by Gasteiger charge is 2.36. The van der Waals surface area contributed by atoms with Crippen LogP contribution in [0.4, 0.5) is 0 Å². The summed E-state index contributed by atoms with van der Waals surface area (Å²) in [7, 11) is 0. The van der Waals surface area contributed by atoms with E-state index in [0.29, 0.717) is 5.92 Å². The third-order valence-electron chi connectivity index (χ3n) is 3.27. The lowest BCUT2D eigenvalue weighted by Crippen LogP contribution is -2.52. The first-order valence-electron chi connectivity index (χ1n) is 5.56. The van der Waals surface area contributed by atoms with Crippen molar-refractivity contribution in [2.24, 2.45) is 5.92 Å². The fourth-order valence-electron chi connectivity index (χ4n) is 2.46. The molecule has 0 aromatic heterocycles. The Morgan fingerprint density at radius 3 is 2.47 bits per heavy atom. The minimum atomic E-state index is -0.360. The highest BCUT2D eigenvalue weighted by Crippen LogP contribution is 2.29. The topological polar surface area (TPSA) is 46.6 Å². The third kappa shape index (κ3) is 2.56. The third-order valence-corrected chi connectivity index (χ3v) is 3.27. The monoisotopic (exact) mass is 211 g/mol. The standard InChI is InChI=1S/C11H17NO3/c1-8(13)6-11(14)15-10-7-12-4-2-9(10)3-5-12/h9-10H,2-7H2,1H3/t10-/m1/s1. The van der Waals surface area contributed by atoms with Gasteiger partial charge >= 0.3 is 5.97 Å². The van der Waals surface area contributed by atoms with E-state index in [4.69, 9.17) is 4.74 Å². The molecular formula is C11H17NO3. The predicted molar refractivity (Wildman–Crippen MR) is 54.3 cm³/mol. The molecule has 4 heteroatoms. The van der Waals surface area contributed by atoms with Gasteiger partial charge < -0.3 is 4.74 Å². The average molecular weight is 211 g/mol. The number of hydrogen-bond donors (Lipinski definition) is 0. The summed E-state index contributed by atoms with van der Waals surface area (Å²) >= 11 is 0. The Morgan fingerprint density at radius 1 is 1.33 bits per heavy atom. The Hall–Kier alpha value is -0.900. The second kappa shape index (κ2) is 4.31. The van der Waals surface area contributed by atoms with E-state index in [9.17, 15) is 9.59 Å². The van der Waals surface area contributed by atoms with Gasteiger partial charge in [-0.2, -0.15) is 0 Å². The number of nitrogens with zero attached hydrogens (tertiary/aromatic N) is 1. The molecule has 0 aromatic carbocycles. The summed E-state index contributed by atoms with van der Waals surface area (Å²) in [5.41, 5.74) is 0. The maximum atomic E-state index is 11.3. The van der Waals surface area contributed by atoms with E-state index in [1.54, 1.807) is 0 Å². The number of fused-ring (bicyclic) bond motifs is 3. The second-order valence-electron chi connectivity index (χ2n) is 4.55. The van der Waals surface area contributed by atoms with E-state index < -0.39 is 0 Å². The Kier molecular flexibility index (Phi) is 3.05. The first kappa shape index (κ1) is 10.6. The summed E-state index contributed by atoms with van der Waals surface area (Å²) in [5.74, 6) is 0.0356. The van der Waals surface area contributed by atoms with Crippen LogP contribution < -0.4 is 0 Å². The van der Waals surface area contributed by atoms with Crippen LogP contribution in [0.5, 0.6) is 0 Å². The maximum absolute atomic E-state index is 11.3. The number of ketones is 1. The van der Waals surface area contributed by atoms with Crippen molar-refractivity contribution in [2.45, 2.75) is 32.3 Å². The van der Waals surface area contributed by atoms with Crippen LogP contribution in [0.1, 0.15) is 26.2 Å². The smallest absolute Gasteiger partial charge is 0.313 e. The van der Waals surface area contributed by atoms with Crippen molar-refractivity contribution >= 4 is 11.8 Å². The summed E-state index contributed by atoms with van der Waals surface area (Å²) in [4.78, 5) is 24.4. The van der Waals surface area contributed by atoms with E-state index in [2.05, 4.69) is 4.90 Å². The molecular weight excluding hydrogens is 194 g/mol. The summed E-state index contributed by atoms with van der Waals surface area (Å²) in [5, 5.41) is 0. The largest absolute Gasteiger partial charge is 0.460 e. The molecule has 0 spiro atoms. The van der Waals surface area contributed by atoms with Gasteiger partial charge in [-0.25, -0.2) is 0 Å². The molecule has 0 saturated carbocycles. The lowest BCUT2D eigenvalue weighted by Gasteiger charge is -2.43. The molecule has 1 atom stereocenters. The van der Waals surface area contributed by atoms with Crippen molar-refractivity contribution in [1.29, 1.82) is 0 Å². The van der Waals surface area contributed by atoms with Crippen LogP contribution in [-0.2, 0) is 14.3 Å². The highest BCUT2D eigenvalue weighted by atomic mass is 16.5.